The molecule has 0 aromatic heterocycles. The standard InChI is InChI=1S/C23H26N2O3/c26-20-12-17-14(9-18-16-3-1-2-6-23(16,17)7-8-24-18)10-19(20)25-15-4-5-21-22(11-15)28-13-27-21/h4-5,10-12,16,18,24-26H,1-3,6-9,13H2/t16-,18+,23+/m0/s1. The number of anilines is 2. The van der Waals surface area contributed by atoms with E-state index in [-0.39, 0.29) is 12.2 Å². The highest BCUT2D eigenvalue weighted by Crippen LogP contribution is 2.55. The van der Waals surface area contributed by atoms with Crippen molar-refractivity contribution in [3.05, 3.63) is 41.5 Å². The summed E-state index contributed by atoms with van der Waals surface area (Å²) >= 11 is 0. The lowest BCUT2D eigenvalue weighted by Gasteiger charge is -2.56. The van der Waals surface area contributed by atoms with E-state index in [0.717, 1.165) is 41.8 Å². The highest BCUT2D eigenvalue weighted by atomic mass is 16.7. The van der Waals surface area contributed by atoms with Crippen molar-refractivity contribution in [2.24, 2.45) is 5.92 Å². The maximum atomic E-state index is 10.9. The minimum atomic E-state index is 0.260. The molecule has 0 spiro atoms. The number of rotatable bonds is 2. The van der Waals surface area contributed by atoms with Crippen LogP contribution in [0.3, 0.4) is 0 Å². The lowest BCUT2D eigenvalue weighted by Crippen LogP contribution is -2.59. The van der Waals surface area contributed by atoms with E-state index in [0.29, 0.717) is 11.8 Å². The minimum absolute atomic E-state index is 0.260. The van der Waals surface area contributed by atoms with Crippen LogP contribution in [-0.2, 0) is 11.8 Å². The zero-order valence-electron chi connectivity index (χ0n) is 16.0. The first kappa shape index (κ1) is 16.5. The van der Waals surface area contributed by atoms with Crippen molar-refractivity contribution in [3.63, 3.8) is 0 Å². The Kier molecular flexibility index (Phi) is 3.57. The molecule has 2 bridgehead atoms. The van der Waals surface area contributed by atoms with Gasteiger partial charge in [0.25, 0.3) is 0 Å². The largest absolute Gasteiger partial charge is 0.506 e. The highest BCUT2D eigenvalue weighted by molar-refractivity contribution is 5.70. The lowest BCUT2D eigenvalue weighted by molar-refractivity contribution is 0.0796. The van der Waals surface area contributed by atoms with Gasteiger partial charge in [-0.1, -0.05) is 12.8 Å². The van der Waals surface area contributed by atoms with Gasteiger partial charge in [0, 0.05) is 23.2 Å². The summed E-state index contributed by atoms with van der Waals surface area (Å²) in [6.07, 6.45) is 7.47. The molecule has 1 saturated heterocycles. The molecule has 1 saturated carbocycles. The Hall–Kier alpha value is -2.40. The number of fused-ring (bicyclic) bond motifs is 2. The zero-order chi connectivity index (χ0) is 18.7. The molecule has 6 rings (SSSR count). The van der Waals surface area contributed by atoms with Crippen molar-refractivity contribution < 1.29 is 14.6 Å². The van der Waals surface area contributed by atoms with Crippen molar-refractivity contribution >= 4 is 11.4 Å². The molecule has 2 aliphatic carbocycles. The Morgan fingerprint density at radius 2 is 2.00 bits per heavy atom. The topological polar surface area (TPSA) is 62.8 Å². The third-order valence-electron chi connectivity index (χ3n) is 7.41. The van der Waals surface area contributed by atoms with Gasteiger partial charge in [0.2, 0.25) is 6.79 Å². The van der Waals surface area contributed by atoms with Gasteiger partial charge in [0.05, 0.1) is 5.69 Å². The first-order chi connectivity index (χ1) is 13.7. The predicted octanol–water partition coefficient (Wildman–Crippen LogP) is 4.21. The molecule has 0 radical (unpaired) electrons. The van der Waals surface area contributed by atoms with Gasteiger partial charge in [0.15, 0.2) is 11.5 Å². The molecular formula is C23H26N2O3. The minimum Gasteiger partial charge on any atom is -0.506 e. The van der Waals surface area contributed by atoms with Crippen LogP contribution in [0.5, 0.6) is 17.2 Å². The summed E-state index contributed by atoms with van der Waals surface area (Å²) in [5, 5.41) is 18.0. The molecule has 2 aliphatic heterocycles. The van der Waals surface area contributed by atoms with Crippen molar-refractivity contribution in [2.45, 2.75) is 50.0 Å². The van der Waals surface area contributed by atoms with Gasteiger partial charge < -0.3 is 25.2 Å². The van der Waals surface area contributed by atoms with Crippen molar-refractivity contribution in [1.82, 2.24) is 5.32 Å². The summed E-state index contributed by atoms with van der Waals surface area (Å²) in [7, 11) is 0. The number of hydrogen-bond acceptors (Lipinski definition) is 5. The number of phenols is 1. The molecule has 3 N–H and O–H groups in total. The summed E-state index contributed by atoms with van der Waals surface area (Å²) < 4.78 is 10.9. The predicted molar refractivity (Wildman–Crippen MR) is 108 cm³/mol. The molecule has 5 heteroatoms. The molecule has 146 valence electrons. The molecule has 2 fully saturated rings. The number of ether oxygens (including phenoxy) is 2. The summed E-state index contributed by atoms with van der Waals surface area (Å²) in [6, 6.07) is 10.6. The zero-order valence-corrected chi connectivity index (χ0v) is 16.0. The summed E-state index contributed by atoms with van der Waals surface area (Å²) in [6.45, 7) is 1.36. The second-order valence-electron chi connectivity index (χ2n) is 8.74. The SMILES string of the molecule is Oc1cc2c(cc1Nc1ccc3c(c1)OCO3)C[C@H]1NCC[C@@]23CCCC[C@@H]13. The molecule has 5 nitrogen and oxygen atoms in total. The first-order valence-corrected chi connectivity index (χ1v) is 10.5. The van der Waals surface area contributed by atoms with Gasteiger partial charge in [-0.3, -0.25) is 0 Å². The maximum absolute atomic E-state index is 10.9. The van der Waals surface area contributed by atoms with Gasteiger partial charge in [0.1, 0.15) is 5.75 Å². The fourth-order valence-electron chi connectivity index (χ4n) is 6.20. The average Bonchev–Trinajstić information content (AvgIpc) is 3.17. The quantitative estimate of drug-likeness (QED) is 0.684. The van der Waals surface area contributed by atoms with Gasteiger partial charge >= 0.3 is 0 Å². The maximum Gasteiger partial charge on any atom is 0.231 e. The van der Waals surface area contributed by atoms with E-state index >= 15 is 0 Å². The van der Waals surface area contributed by atoms with Gasteiger partial charge in [-0.05, 0) is 73.5 Å². The van der Waals surface area contributed by atoms with Gasteiger partial charge in [-0.15, -0.1) is 0 Å². The fourth-order valence-corrected chi connectivity index (χ4v) is 6.20. The molecule has 0 amide bonds. The van der Waals surface area contributed by atoms with E-state index in [2.05, 4.69) is 22.8 Å². The van der Waals surface area contributed by atoms with E-state index < -0.39 is 0 Å². The van der Waals surface area contributed by atoms with Crippen LogP contribution >= 0.6 is 0 Å². The Balaban J connectivity index is 1.38. The number of piperidine rings is 1. The molecule has 2 heterocycles. The van der Waals surface area contributed by atoms with Crippen LogP contribution < -0.4 is 20.1 Å². The average molecular weight is 378 g/mol. The van der Waals surface area contributed by atoms with Crippen LogP contribution in [0.4, 0.5) is 11.4 Å². The second kappa shape index (κ2) is 6.05. The Morgan fingerprint density at radius 3 is 2.96 bits per heavy atom. The molecule has 3 atom stereocenters. The van der Waals surface area contributed by atoms with Gasteiger partial charge in [-0.25, -0.2) is 0 Å². The summed E-state index contributed by atoms with van der Waals surface area (Å²) in [5.74, 6) is 2.56. The monoisotopic (exact) mass is 378 g/mol. The van der Waals surface area contributed by atoms with Crippen molar-refractivity contribution in [2.75, 3.05) is 18.7 Å². The summed E-state index contributed by atoms with van der Waals surface area (Å²) in [5.41, 5.74) is 4.71. The normalized spacial score (nSPS) is 29.7. The molecule has 4 aliphatic rings. The van der Waals surface area contributed by atoms with Crippen LogP contribution in [-0.4, -0.2) is 24.5 Å². The molecule has 2 aromatic rings. The number of phenolic OH excluding ortho intramolecular Hbond substituents is 1. The Labute approximate surface area is 165 Å². The third kappa shape index (κ3) is 2.35. The van der Waals surface area contributed by atoms with Gasteiger partial charge in [-0.2, -0.15) is 0 Å². The number of benzene rings is 2. The van der Waals surface area contributed by atoms with Crippen LogP contribution in [0, 0.1) is 5.92 Å². The van der Waals surface area contributed by atoms with Crippen molar-refractivity contribution in [3.8, 4) is 17.2 Å². The van der Waals surface area contributed by atoms with E-state index in [4.69, 9.17) is 9.47 Å². The molecule has 2 aromatic carbocycles. The Morgan fingerprint density at radius 1 is 1.07 bits per heavy atom. The number of hydrogen-bond donors (Lipinski definition) is 3. The third-order valence-corrected chi connectivity index (χ3v) is 7.41. The molecular weight excluding hydrogens is 352 g/mol. The Bertz CT molecular complexity index is 940. The van der Waals surface area contributed by atoms with E-state index in [1.165, 1.54) is 43.2 Å². The summed E-state index contributed by atoms with van der Waals surface area (Å²) in [4.78, 5) is 0. The van der Waals surface area contributed by atoms with Crippen LogP contribution in [0.1, 0.15) is 43.2 Å². The van der Waals surface area contributed by atoms with Crippen LogP contribution in [0.25, 0.3) is 0 Å². The number of aromatic hydroxyl groups is 1. The lowest BCUT2D eigenvalue weighted by atomic mass is 9.53. The highest BCUT2D eigenvalue weighted by Gasteiger charge is 2.51. The second-order valence-corrected chi connectivity index (χ2v) is 8.74. The van der Waals surface area contributed by atoms with Crippen LogP contribution in [0.2, 0.25) is 0 Å². The fraction of sp³-hybridized carbons (Fsp3) is 0.478. The molecule has 28 heavy (non-hydrogen) atoms. The van der Waals surface area contributed by atoms with Crippen LogP contribution in [0.15, 0.2) is 30.3 Å². The van der Waals surface area contributed by atoms with E-state index in [1.807, 2.05) is 18.2 Å². The smallest absolute Gasteiger partial charge is 0.231 e. The van der Waals surface area contributed by atoms with E-state index in [9.17, 15) is 5.11 Å². The van der Waals surface area contributed by atoms with Crippen molar-refractivity contribution in [1.29, 1.82) is 0 Å². The number of nitrogens with one attached hydrogen (secondary N) is 2. The van der Waals surface area contributed by atoms with E-state index in [1.54, 1.807) is 0 Å². The molecule has 0 unspecified atom stereocenters. The first-order valence-electron chi connectivity index (χ1n) is 10.5.